The van der Waals surface area contributed by atoms with Gasteiger partial charge in [-0.3, -0.25) is 4.79 Å². The van der Waals surface area contributed by atoms with E-state index >= 15 is 0 Å². The standard InChI is InChI=1S/C12H7BrClFOS/c13-8-5-11(17-6-8)10(16)4-7-2-1-3-9(14)12(7)15/h1-3,5-6H,4H2. The molecule has 0 saturated heterocycles. The van der Waals surface area contributed by atoms with Gasteiger partial charge in [0.05, 0.1) is 9.90 Å². The zero-order valence-corrected chi connectivity index (χ0v) is 11.7. The predicted molar refractivity (Wildman–Crippen MR) is 71.5 cm³/mol. The summed E-state index contributed by atoms with van der Waals surface area (Å²) in [6.45, 7) is 0. The van der Waals surface area contributed by atoms with E-state index in [2.05, 4.69) is 15.9 Å². The summed E-state index contributed by atoms with van der Waals surface area (Å²) in [6, 6.07) is 6.40. The first-order chi connectivity index (χ1) is 8.08. The molecular weight excluding hydrogens is 327 g/mol. The Morgan fingerprint density at radius 3 is 2.88 bits per heavy atom. The molecule has 0 aliphatic carbocycles. The normalized spacial score (nSPS) is 10.5. The van der Waals surface area contributed by atoms with Crippen LogP contribution in [0.2, 0.25) is 5.02 Å². The highest BCUT2D eigenvalue weighted by atomic mass is 79.9. The van der Waals surface area contributed by atoms with E-state index in [4.69, 9.17) is 11.6 Å². The van der Waals surface area contributed by atoms with Crippen LogP contribution >= 0.6 is 38.9 Å². The fraction of sp³-hybridized carbons (Fsp3) is 0.0833. The van der Waals surface area contributed by atoms with Crippen molar-refractivity contribution in [2.24, 2.45) is 0 Å². The first-order valence-corrected chi connectivity index (χ1v) is 6.83. The fourth-order valence-electron chi connectivity index (χ4n) is 1.40. The van der Waals surface area contributed by atoms with Crippen LogP contribution in [0.3, 0.4) is 0 Å². The minimum atomic E-state index is -0.516. The molecule has 0 spiro atoms. The highest BCUT2D eigenvalue weighted by molar-refractivity contribution is 9.10. The largest absolute Gasteiger partial charge is 0.293 e. The summed E-state index contributed by atoms with van der Waals surface area (Å²) in [5.74, 6) is -0.625. The molecule has 1 aromatic carbocycles. The lowest BCUT2D eigenvalue weighted by molar-refractivity contribution is 0.0995. The molecule has 2 rings (SSSR count). The van der Waals surface area contributed by atoms with Crippen molar-refractivity contribution < 1.29 is 9.18 Å². The van der Waals surface area contributed by atoms with Gasteiger partial charge < -0.3 is 0 Å². The molecule has 5 heteroatoms. The molecule has 0 aliphatic rings. The minimum Gasteiger partial charge on any atom is -0.293 e. The summed E-state index contributed by atoms with van der Waals surface area (Å²) in [5, 5.41) is 1.87. The molecule has 0 amide bonds. The van der Waals surface area contributed by atoms with Crippen molar-refractivity contribution in [3.8, 4) is 0 Å². The first kappa shape index (κ1) is 12.7. The molecule has 0 unspecified atom stereocenters. The summed E-state index contributed by atoms with van der Waals surface area (Å²) < 4.78 is 14.5. The van der Waals surface area contributed by atoms with E-state index in [0.29, 0.717) is 10.4 Å². The van der Waals surface area contributed by atoms with E-state index in [1.165, 1.54) is 17.4 Å². The molecule has 1 heterocycles. The van der Waals surface area contributed by atoms with Crippen LogP contribution in [0.5, 0.6) is 0 Å². The van der Waals surface area contributed by atoms with E-state index < -0.39 is 5.82 Å². The minimum absolute atomic E-state index is 0.0271. The van der Waals surface area contributed by atoms with Gasteiger partial charge in [0.2, 0.25) is 0 Å². The van der Waals surface area contributed by atoms with Crippen molar-refractivity contribution >= 4 is 44.7 Å². The summed E-state index contributed by atoms with van der Waals surface area (Å²) >= 11 is 10.3. The van der Waals surface area contributed by atoms with E-state index in [9.17, 15) is 9.18 Å². The van der Waals surface area contributed by atoms with Gasteiger partial charge >= 0.3 is 0 Å². The van der Waals surface area contributed by atoms with Gasteiger partial charge in [-0.25, -0.2) is 4.39 Å². The topological polar surface area (TPSA) is 17.1 Å². The molecule has 1 nitrogen and oxygen atoms in total. The lowest BCUT2D eigenvalue weighted by Crippen LogP contribution is -2.03. The summed E-state index contributed by atoms with van der Waals surface area (Å²) in [7, 11) is 0. The molecule has 0 bridgehead atoms. The number of hydrogen-bond acceptors (Lipinski definition) is 2. The Labute approximate surface area is 115 Å². The van der Waals surface area contributed by atoms with Crippen LogP contribution in [0.25, 0.3) is 0 Å². The Bertz CT molecular complexity index is 567. The van der Waals surface area contributed by atoms with Crippen LogP contribution in [0, 0.1) is 5.82 Å². The average molecular weight is 334 g/mol. The third kappa shape index (κ3) is 2.94. The Balaban J connectivity index is 2.21. The zero-order chi connectivity index (χ0) is 12.4. The third-order valence-corrected chi connectivity index (χ3v) is 4.25. The lowest BCUT2D eigenvalue weighted by atomic mass is 10.1. The molecule has 0 N–H and O–H groups in total. The van der Waals surface area contributed by atoms with Crippen molar-refractivity contribution in [1.29, 1.82) is 0 Å². The van der Waals surface area contributed by atoms with Crippen LogP contribution in [-0.2, 0) is 6.42 Å². The SMILES string of the molecule is O=C(Cc1cccc(Cl)c1F)c1cc(Br)cs1. The molecule has 1 aromatic heterocycles. The third-order valence-electron chi connectivity index (χ3n) is 2.22. The number of carbonyl (C=O) groups is 1. The van der Waals surface area contributed by atoms with Crippen LogP contribution in [0.15, 0.2) is 34.1 Å². The van der Waals surface area contributed by atoms with Crippen LogP contribution in [-0.4, -0.2) is 5.78 Å². The Morgan fingerprint density at radius 2 is 2.24 bits per heavy atom. The number of ketones is 1. The number of thiophene rings is 1. The van der Waals surface area contributed by atoms with Crippen LogP contribution in [0.1, 0.15) is 15.2 Å². The second kappa shape index (κ2) is 5.29. The van der Waals surface area contributed by atoms with Crippen molar-refractivity contribution in [2.75, 3.05) is 0 Å². The van der Waals surface area contributed by atoms with Crippen LogP contribution < -0.4 is 0 Å². The fourth-order valence-corrected chi connectivity index (χ4v) is 2.97. The Hall–Kier alpha value is -0.710. The van der Waals surface area contributed by atoms with Gasteiger partial charge in [-0.2, -0.15) is 0 Å². The van der Waals surface area contributed by atoms with Gasteiger partial charge in [0.1, 0.15) is 5.82 Å². The molecule has 0 aliphatic heterocycles. The second-order valence-electron chi connectivity index (χ2n) is 3.44. The van der Waals surface area contributed by atoms with E-state index in [1.54, 1.807) is 18.2 Å². The lowest BCUT2D eigenvalue weighted by Gasteiger charge is -2.02. The molecule has 0 saturated carbocycles. The average Bonchev–Trinajstić information content (AvgIpc) is 2.72. The molecule has 17 heavy (non-hydrogen) atoms. The van der Waals surface area contributed by atoms with Crippen molar-refractivity contribution in [3.05, 3.63) is 55.4 Å². The molecule has 0 atom stereocenters. The first-order valence-electron chi connectivity index (χ1n) is 4.78. The molecular formula is C12H7BrClFOS. The molecule has 2 aromatic rings. The number of rotatable bonds is 3. The summed E-state index contributed by atoms with van der Waals surface area (Å²) in [6.07, 6.45) is 0.0271. The van der Waals surface area contributed by atoms with Gasteiger partial charge in [0.15, 0.2) is 5.78 Å². The number of hydrogen-bond donors (Lipinski definition) is 0. The van der Waals surface area contributed by atoms with Gasteiger partial charge in [0, 0.05) is 16.3 Å². The second-order valence-corrected chi connectivity index (χ2v) is 5.68. The number of halogens is 3. The van der Waals surface area contributed by atoms with Gasteiger partial charge in [0.25, 0.3) is 0 Å². The monoisotopic (exact) mass is 332 g/mol. The van der Waals surface area contributed by atoms with Crippen molar-refractivity contribution in [3.63, 3.8) is 0 Å². The smallest absolute Gasteiger partial charge is 0.177 e. The maximum absolute atomic E-state index is 13.6. The van der Waals surface area contributed by atoms with Crippen molar-refractivity contribution in [2.45, 2.75) is 6.42 Å². The van der Waals surface area contributed by atoms with E-state index in [1.807, 2.05) is 5.38 Å². The molecule has 0 fully saturated rings. The number of benzene rings is 1. The van der Waals surface area contributed by atoms with Gasteiger partial charge in [-0.05, 0) is 33.6 Å². The zero-order valence-electron chi connectivity index (χ0n) is 8.54. The van der Waals surface area contributed by atoms with E-state index in [0.717, 1.165) is 4.47 Å². The maximum Gasteiger partial charge on any atom is 0.177 e. The van der Waals surface area contributed by atoms with Gasteiger partial charge in [-0.15, -0.1) is 11.3 Å². The Morgan fingerprint density at radius 1 is 1.47 bits per heavy atom. The van der Waals surface area contributed by atoms with Crippen LogP contribution in [0.4, 0.5) is 4.39 Å². The maximum atomic E-state index is 13.6. The number of Topliss-reactive ketones (excluding diaryl/α,β-unsaturated/α-hetero) is 1. The quantitative estimate of drug-likeness (QED) is 0.742. The highest BCUT2D eigenvalue weighted by Crippen LogP contribution is 2.23. The molecule has 88 valence electrons. The molecule has 0 radical (unpaired) electrons. The van der Waals surface area contributed by atoms with E-state index in [-0.39, 0.29) is 17.2 Å². The van der Waals surface area contributed by atoms with Gasteiger partial charge in [-0.1, -0.05) is 23.7 Å². The summed E-state index contributed by atoms with van der Waals surface area (Å²) in [5.41, 5.74) is 0.326. The van der Waals surface area contributed by atoms with Crippen molar-refractivity contribution in [1.82, 2.24) is 0 Å². The Kier molecular flexibility index (Phi) is 3.97. The predicted octanol–water partition coefficient (Wildman–Crippen LogP) is 4.73. The summed E-state index contributed by atoms with van der Waals surface area (Å²) in [4.78, 5) is 12.5. The number of carbonyl (C=O) groups excluding carboxylic acids is 1. The highest BCUT2D eigenvalue weighted by Gasteiger charge is 2.13.